The summed E-state index contributed by atoms with van der Waals surface area (Å²) in [5.74, 6) is -0.756. The van der Waals surface area contributed by atoms with Crippen LogP contribution in [-0.2, 0) is 27.8 Å². The lowest BCUT2D eigenvalue weighted by Gasteiger charge is -2.30. The van der Waals surface area contributed by atoms with Crippen LogP contribution >= 0.6 is 0 Å². The molecular weight excluding hydrogens is 394 g/mol. The summed E-state index contributed by atoms with van der Waals surface area (Å²) >= 11 is 0. The summed E-state index contributed by atoms with van der Waals surface area (Å²) in [5, 5.41) is 5.37. The second-order valence-corrected chi connectivity index (χ2v) is 7.76. The standard InChI is InChI=1S/C24H25N3O4/c1-26-23(29)19-13-7-6-12-18(19)20(25-26)16-21(28)31-22(17-10-4-2-5-11-17)24(30)27-14-8-3-9-15-27/h2,4-7,10-13,22H,3,8-9,14-16H2,1H3/t22-/m0/s1. The van der Waals surface area contributed by atoms with E-state index in [2.05, 4.69) is 5.10 Å². The molecule has 1 aliphatic heterocycles. The third-order valence-corrected chi connectivity index (χ3v) is 5.59. The Labute approximate surface area is 180 Å². The lowest BCUT2D eigenvalue weighted by atomic mass is 10.1. The molecule has 0 N–H and O–H groups in total. The van der Waals surface area contributed by atoms with Gasteiger partial charge in [0.1, 0.15) is 0 Å². The van der Waals surface area contributed by atoms with Crippen molar-refractivity contribution < 1.29 is 14.3 Å². The number of hydrogen-bond donors (Lipinski definition) is 0. The van der Waals surface area contributed by atoms with Crippen LogP contribution in [0.2, 0.25) is 0 Å². The van der Waals surface area contributed by atoms with Gasteiger partial charge in [-0.15, -0.1) is 0 Å². The summed E-state index contributed by atoms with van der Waals surface area (Å²) in [5.41, 5.74) is 0.861. The van der Waals surface area contributed by atoms with Crippen molar-refractivity contribution in [3.05, 3.63) is 76.2 Å². The summed E-state index contributed by atoms with van der Waals surface area (Å²) in [6.45, 7) is 1.35. The highest BCUT2D eigenvalue weighted by molar-refractivity contribution is 5.89. The Morgan fingerprint density at radius 3 is 2.32 bits per heavy atom. The monoisotopic (exact) mass is 419 g/mol. The fourth-order valence-electron chi connectivity index (χ4n) is 3.99. The molecule has 2 heterocycles. The molecule has 2 aromatic carbocycles. The van der Waals surface area contributed by atoms with E-state index in [0.717, 1.165) is 19.3 Å². The Balaban J connectivity index is 1.60. The number of fused-ring (bicyclic) bond motifs is 1. The molecule has 0 unspecified atom stereocenters. The van der Waals surface area contributed by atoms with E-state index in [9.17, 15) is 14.4 Å². The molecule has 31 heavy (non-hydrogen) atoms. The number of piperidine rings is 1. The molecule has 0 bridgehead atoms. The number of ether oxygens (including phenoxy) is 1. The van der Waals surface area contributed by atoms with E-state index in [-0.39, 0.29) is 17.9 Å². The molecule has 7 heteroatoms. The summed E-state index contributed by atoms with van der Waals surface area (Å²) in [6.07, 6.45) is 1.88. The zero-order chi connectivity index (χ0) is 21.8. The third kappa shape index (κ3) is 4.50. The van der Waals surface area contributed by atoms with Crippen LogP contribution in [0.15, 0.2) is 59.4 Å². The van der Waals surface area contributed by atoms with Gasteiger partial charge in [0, 0.05) is 31.1 Å². The molecule has 3 aromatic rings. The van der Waals surface area contributed by atoms with Gasteiger partial charge in [0.25, 0.3) is 11.5 Å². The first-order chi connectivity index (χ1) is 15.0. The topological polar surface area (TPSA) is 81.5 Å². The number of esters is 1. The Bertz CT molecular complexity index is 1150. The zero-order valence-electron chi connectivity index (χ0n) is 17.5. The Kier molecular flexibility index (Phi) is 6.11. The number of nitrogens with zero attached hydrogens (tertiary/aromatic N) is 3. The minimum atomic E-state index is -0.995. The summed E-state index contributed by atoms with van der Waals surface area (Å²) in [6, 6.07) is 16.1. The highest BCUT2D eigenvalue weighted by Gasteiger charge is 2.30. The summed E-state index contributed by atoms with van der Waals surface area (Å²) in [7, 11) is 1.55. The van der Waals surface area contributed by atoms with E-state index < -0.39 is 12.1 Å². The molecule has 0 aliphatic carbocycles. The molecule has 1 aromatic heterocycles. The fraction of sp³-hybridized carbons (Fsp3) is 0.333. The van der Waals surface area contributed by atoms with E-state index >= 15 is 0 Å². The van der Waals surface area contributed by atoms with Crippen LogP contribution in [0.25, 0.3) is 10.8 Å². The second kappa shape index (κ2) is 9.12. The quantitative estimate of drug-likeness (QED) is 0.594. The minimum absolute atomic E-state index is 0.134. The van der Waals surface area contributed by atoms with Crippen molar-refractivity contribution in [2.45, 2.75) is 31.8 Å². The van der Waals surface area contributed by atoms with Gasteiger partial charge in [-0.2, -0.15) is 5.10 Å². The maximum Gasteiger partial charge on any atom is 0.313 e. The van der Waals surface area contributed by atoms with Gasteiger partial charge < -0.3 is 9.64 Å². The first-order valence-corrected chi connectivity index (χ1v) is 10.5. The maximum absolute atomic E-state index is 13.2. The lowest BCUT2D eigenvalue weighted by Crippen LogP contribution is -2.40. The molecule has 7 nitrogen and oxygen atoms in total. The number of aromatic nitrogens is 2. The number of carbonyl (C=O) groups excluding carboxylic acids is 2. The van der Waals surface area contributed by atoms with Gasteiger partial charge in [-0.05, 0) is 25.3 Å². The van der Waals surface area contributed by atoms with Crippen molar-refractivity contribution in [1.82, 2.24) is 14.7 Å². The van der Waals surface area contributed by atoms with Crippen LogP contribution in [0.1, 0.15) is 36.6 Å². The molecule has 160 valence electrons. The third-order valence-electron chi connectivity index (χ3n) is 5.59. The van der Waals surface area contributed by atoms with Crippen molar-refractivity contribution in [3.63, 3.8) is 0 Å². The lowest BCUT2D eigenvalue weighted by molar-refractivity contribution is -0.161. The van der Waals surface area contributed by atoms with Crippen LogP contribution < -0.4 is 5.56 Å². The molecule has 1 fully saturated rings. The van der Waals surface area contributed by atoms with Gasteiger partial charge in [0.2, 0.25) is 6.10 Å². The number of benzene rings is 2. The fourth-order valence-corrected chi connectivity index (χ4v) is 3.99. The van der Waals surface area contributed by atoms with Crippen LogP contribution in [0.3, 0.4) is 0 Å². The SMILES string of the molecule is Cn1nc(CC(=O)O[C@H](C(=O)N2CCCCC2)c2ccccc2)c2ccccc2c1=O. The number of aryl methyl sites for hydroxylation is 1. The van der Waals surface area contributed by atoms with E-state index in [1.165, 1.54) is 4.68 Å². The number of amides is 1. The predicted molar refractivity (Wildman–Crippen MR) is 116 cm³/mol. The number of likely N-dealkylation sites (tertiary alicyclic amines) is 1. The zero-order valence-corrected chi connectivity index (χ0v) is 17.5. The minimum Gasteiger partial charge on any atom is -0.447 e. The van der Waals surface area contributed by atoms with E-state index in [1.54, 1.807) is 48.3 Å². The Hall–Kier alpha value is -3.48. The largest absolute Gasteiger partial charge is 0.447 e. The van der Waals surface area contributed by atoms with Crippen molar-refractivity contribution >= 4 is 22.6 Å². The van der Waals surface area contributed by atoms with Gasteiger partial charge in [-0.25, -0.2) is 4.68 Å². The molecule has 1 atom stereocenters. The van der Waals surface area contributed by atoms with Crippen LogP contribution in [-0.4, -0.2) is 39.6 Å². The molecule has 0 radical (unpaired) electrons. The van der Waals surface area contributed by atoms with E-state index in [0.29, 0.717) is 35.1 Å². The van der Waals surface area contributed by atoms with Gasteiger partial charge in [-0.1, -0.05) is 48.5 Å². The average Bonchev–Trinajstić information content (AvgIpc) is 2.81. The average molecular weight is 419 g/mol. The molecule has 0 saturated carbocycles. The van der Waals surface area contributed by atoms with Crippen molar-refractivity contribution in [2.24, 2.45) is 7.05 Å². The van der Waals surface area contributed by atoms with Gasteiger partial charge in [-0.3, -0.25) is 14.4 Å². The normalized spacial score (nSPS) is 14.9. The molecule has 1 amide bonds. The van der Waals surface area contributed by atoms with Crippen LogP contribution in [0, 0.1) is 0 Å². The van der Waals surface area contributed by atoms with Gasteiger partial charge in [0.05, 0.1) is 17.5 Å². The highest BCUT2D eigenvalue weighted by Crippen LogP contribution is 2.24. The van der Waals surface area contributed by atoms with Gasteiger partial charge in [0.15, 0.2) is 0 Å². The molecular formula is C24H25N3O4. The van der Waals surface area contributed by atoms with Crippen molar-refractivity contribution in [1.29, 1.82) is 0 Å². The highest BCUT2D eigenvalue weighted by atomic mass is 16.5. The first-order valence-electron chi connectivity index (χ1n) is 10.5. The smallest absolute Gasteiger partial charge is 0.313 e. The molecule has 0 spiro atoms. The van der Waals surface area contributed by atoms with Crippen LogP contribution in [0.4, 0.5) is 0 Å². The molecule has 1 saturated heterocycles. The maximum atomic E-state index is 13.2. The van der Waals surface area contributed by atoms with Crippen molar-refractivity contribution in [2.75, 3.05) is 13.1 Å². The first kappa shape index (κ1) is 20.8. The summed E-state index contributed by atoms with van der Waals surface area (Å²) in [4.78, 5) is 40.2. The van der Waals surface area contributed by atoms with Crippen molar-refractivity contribution in [3.8, 4) is 0 Å². The predicted octanol–water partition coefficient (Wildman–Crippen LogP) is 2.77. The Morgan fingerprint density at radius 2 is 1.61 bits per heavy atom. The number of rotatable bonds is 5. The number of hydrogen-bond acceptors (Lipinski definition) is 5. The van der Waals surface area contributed by atoms with E-state index in [4.69, 9.17) is 4.74 Å². The molecule has 1 aliphatic rings. The Morgan fingerprint density at radius 1 is 0.968 bits per heavy atom. The second-order valence-electron chi connectivity index (χ2n) is 7.76. The van der Waals surface area contributed by atoms with Crippen LogP contribution in [0.5, 0.6) is 0 Å². The summed E-state index contributed by atoms with van der Waals surface area (Å²) < 4.78 is 6.94. The molecule has 4 rings (SSSR count). The van der Waals surface area contributed by atoms with E-state index in [1.807, 2.05) is 18.2 Å². The number of carbonyl (C=O) groups is 2. The van der Waals surface area contributed by atoms with Gasteiger partial charge >= 0.3 is 5.97 Å².